The molecule has 2 unspecified atom stereocenters. The summed E-state index contributed by atoms with van der Waals surface area (Å²) in [7, 11) is 0. The summed E-state index contributed by atoms with van der Waals surface area (Å²) in [6.07, 6.45) is 20.7. The van der Waals surface area contributed by atoms with Crippen LogP contribution < -0.4 is 0 Å². The summed E-state index contributed by atoms with van der Waals surface area (Å²) in [5.74, 6) is 0. The highest BCUT2D eigenvalue weighted by molar-refractivity contribution is 5.31. The second-order valence-corrected chi connectivity index (χ2v) is 7.87. The minimum atomic E-state index is -0.0661. The molecule has 0 N–H and O–H groups in total. The summed E-state index contributed by atoms with van der Waals surface area (Å²) < 4.78 is 6.81. The highest BCUT2D eigenvalue weighted by Crippen LogP contribution is 2.33. The van der Waals surface area contributed by atoms with Gasteiger partial charge in [-0.2, -0.15) is 0 Å². The van der Waals surface area contributed by atoms with E-state index in [1.54, 1.807) is 0 Å². The molecular formula is C28H30O. The molecule has 1 nitrogen and oxygen atoms in total. The lowest BCUT2D eigenvalue weighted by Crippen LogP contribution is -2.09. The third-order valence-electron chi connectivity index (χ3n) is 5.62. The van der Waals surface area contributed by atoms with Crippen LogP contribution in [0.2, 0.25) is 0 Å². The molecule has 2 aromatic carbocycles. The molecular weight excluding hydrogens is 352 g/mol. The molecule has 0 aliphatic heterocycles. The normalized spacial score (nSPS) is 21.4. The number of rotatable bonds is 6. The maximum Gasteiger partial charge on any atom is 0.102 e. The molecule has 148 valence electrons. The van der Waals surface area contributed by atoms with Gasteiger partial charge in [0.2, 0.25) is 0 Å². The van der Waals surface area contributed by atoms with Crippen LogP contribution >= 0.6 is 0 Å². The molecule has 2 aliphatic carbocycles. The van der Waals surface area contributed by atoms with Gasteiger partial charge in [0.05, 0.1) is 0 Å². The fraction of sp³-hybridized carbons (Fsp3) is 0.286. The van der Waals surface area contributed by atoms with Crippen molar-refractivity contribution < 1.29 is 4.74 Å². The molecule has 2 aromatic rings. The minimum Gasteiger partial charge on any atom is -0.357 e. The molecule has 0 heterocycles. The molecule has 0 spiro atoms. The largest absolute Gasteiger partial charge is 0.357 e. The Hall–Kier alpha value is -2.64. The van der Waals surface area contributed by atoms with Gasteiger partial charge in [0.1, 0.15) is 12.2 Å². The van der Waals surface area contributed by atoms with Gasteiger partial charge < -0.3 is 4.74 Å². The van der Waals surface area contributed by atoms with E-state index in [1.807, 2.05) is 0 Å². The van der Waals surface area contributed by atoms with Gasteiger partial charge in [-0.25, -0.2) is 0 Å². The molecule has 2 atom stereocenters. The first kappa shape index (κ1) is 19.7. The number of hydrogen-bond donors (Lipinski definition) is 0. The average molecular weight is 383 g/mol. The number of ether oxygens (including phenoxy) is 1. The summed E-state index contributed by atoms with van der Waals surface area (Å²) in [6.45, 7) is 0. The summed E-state index contributed by atoms with van der Waals surface area (Å²) in [6, 6.07) is 21.2. The Morgan fingerprint density at radius 1 is 0.621 bits per heavy atom. The Morgan fingerprint density at radius 2 is 1.07 bits per heavy atom. The van der Waals surface area contributed by atoms with E-state index < -0.39 is 0 Å². The van der Waals surface area contributed by atoms with Crippen LogP contribution in [-0.4, -0.2) is 0 Å². The fourth-order valence-electron chi connectivity index (χ4n) is 4.02. The maximum atomic E-state index is 6.81. The van der Waals surface area contributed by atoms with Crippen LogP contribution in [0.3, 0.4) is 0 Å². The molecule has 0 radical (unpaired) electrons. The molecule has 29 heavy (non-hydrogen) atoms. The van der Waals surface area contributed by atoms with Crippen molar-refractivity contribution in [3.8, 4) is 0 Å². The van der Waals surface area contributed by atoms with Crippen LogP contribution in [0.4, 0.5) is 0 Å². The Morgan fingerprint density at radius 3 is 1.45 bits per heavy atom. The first-order valence-corrected chi connectivity index (χ1v) is 10.9. The fourth-order valence-corrected chi connectivity index (χ4v) is 4.02. The Balaban J connectivity index is 1.67. The summed E-state index contributed by atoms with van der Waals surface area (Å²) in [5, 5.41) is 0. The zero-order chi connectivity index (χ0) is 19.7. The van der Waals surface area contributed by atoms with Crippen molar-refractivity contribution in [3.05, 3.63) is 119 Å². The van der Waals surface area contributed by atoms with Crippen molar-refractivity contribution in [3.63, 3.8) is 0 Å². The van der Waals surface area contributed by atoms with E-state index in [1.165, 1.54) is 48.0 Å². The van der Waals surface area contributed by atoms with Crippen LogP contribution in [0.5, 0.6) is 0 Å². The standard InChI is InChI=1S/C28H30O/c1-5-13-23(14-6-1)21-27(25-17-9-3-10-18-25)29-28(26-19-11-4-12-20-26)22-24-15-7-2-8-16-24/h3-5,7,9-13,15,17-22,27-28H,1-2,6,8,14,16H2. The molecule has 2 aliphatic rings. The van der Waals surface area contributed by atoms with Gasteiger partial charge in [-0.15, -0.1) is 0 Å². The number of benzene rings is 2. The van der Waals surface area contributed by atoms with Crippen LogP contribution in [-0.2, 0) is 4.74 Å². The van der Waals surface area contributed by atoms with E-state index in [0.717, 1.165) is 12.8 Å². The molecule has 0 saturated carbocycles. The highest BCUT2D eigenvalue weighted by atomic mass is 16.5. The highest BCUT2D eigenvalue weighted by Gasteiger charge is 2.18. The summed E-state index contributed by atoms with van der Waals surface area (Å²) in [5.41, 5.74) is 5.17. The molecule has 0 amide bonds. The van der Waals surface area contributed by atoms with Crippen LogP contribution in [0.1, 0.15) is 61.9 Å². The second-order valence-electron chi connectivity index (χ2n) is 7.87. The zero-order valence-corrected chi connectivity index (χ0v) is 17.0. The maximum absolute atomic E-state index is 6.81. The third-order valence-corrected chi connectivity index (χ3v) is 5.62. The lowest BCUT2D eigenvalue weighted by Gasteiger charge is -2.24. The topological polar surface area (TPSA) is 9.23 Å². The van der Waals surface area contributed by atoms with Crippen molar-refractivity contribution in [2.24, 2.45) is 0 Å². The Bertz CT molecular complexity index is 811. The van der Waals surface area contributed by atoms with E-state index in [9.17, 15) is 0 Å². The predicted octanol–water partition coefficient (Wildman–Crippen LogP) is 7.82. The zero-order valence-electron chi connectivity index (χ0n) is 17.0. The van der Waals surface area contributed by atoms with Crippen molar-refractivity contribution in [2.45, 2.75) is 50.7 Å². The lowest BCUT2D eigenvalue weighted by atomic mass is 9.97. The van der Waals surface area contributed by atoms with Crippen molar-refractivity contribution in [1.82, 2.24) is 0 Å². The van der Waals surface area contributed by atoms with Crippen LogP contribution in [0, 0.1) is 0 Å². The first-order valence-electron chi connectivity index (χ1n) is 10.9. The monoisotopic (exact) mass is 382 g/mol. The van der Waals surface area contributed by atoms with Crippen molar-refractivity contribution in [2.75, 3.05) is 0 Å². The van der Waals surface area contributed by atoms with E-state index in [2.05, 4.69) is 97.1 Å². The van der Waals surface area contributed by atoms with Gasteiger partial charge in [-0.3, -0.25) is 0 Å². The average Bonchev–Trinajstić information content (AvgIpc) is 2.81. The quantitative estimate of drug-likeness (QED) is 0.495. The Kier molecular flexibility index (Phi) is 6.94. The van der Waals surface area contributed by atoms with Crippen LogP contribution in [0.15, 0.2) is 108 Å². The van der Waals surface area contributed by atoms with Crippen molar-refractivity contribution >= 4 is 0 Å². The smallest absolute Gasteiger partial charge is 0.102 e. The summed E-state index contributed by atoms with van der Waals surface area (Å²) in [4.78, 5) is 0. The number of hydrogen-bond acceptors (Lipinski definition) is 1. The SMILES string of the molecule is C1=CC(=CC(OC(C=C2C=CCCC2)c2ccccc2)c2ccccc2)CCC1. The number of allylic oxidation sites excluding steroid dienone is 6. The van der Waals surface area contributed by atoms with Gasteiger partial charge in [0, 0.05) is 0 Å². The predicted molar refractivity (Wildman–Crippen MR) is 122 cm³/mol. The van der Waals surface area contributed by atoms with Gasteiger partial charge in [-0.05, 0) is 73.0 Å². The molecule has 4 rings (SSSR count). The first-order chi connectivity index (χ1) is 14.4. The molecule has 0 aromatic heterocycles. The van der Waals surface area contributed by atoms with E-state index >= 15 is 0 Å². The second kappa shape index (κ2) is 10.2. The molecule has 0 fully saturated rings. The third kappa shape index (κ3) is 5.68. The molecule has 0 saturated heterocycles. The van der Waals surface area contributed by atoms with E-state index in [-0.39, 0.29) is 12.2 Å². The minimum absolute atomic E-state index is 0.0661. The van der Waals surface area contributed by atoms with Crippen molar-refractivity contribution in [1.29, 1.82) is 0 Å². The van der Waals surface area contributed by atoms with Crippen LogP contribution in [0.25, 0.3) is 0 Å². The van der Waals surface area contributed by atoms with Gasteiger partial charge >= 0.3 is 0 Å². The van der Waals surface area contributed by atoms with Gasteiger partial charge in [-0.1, -0.05) is 85.0 Å². The van der Waals surface area contributed by atoms with Gasteiger partial charge in [0.15, 0.2) is 0 Å². The Labute approximate surface area is 175 Å². The van der Waals surface area contributed by atoms with E-state index in [4.69, 9.17) is 4.74 Å². The summed E-state index contributed by atoms with van der Waals surface area (Å²) >= 11 is 0. The van der Waals surface area contributed by atoms with E-state index in [0.29, 0.717) is 0 Å². The lowest BCUT2D eigenvalue weighted by molar-refractivity contribution is 0.0390. The molecule has 0 bridgehead atoms. The van der Waals surface area contributed by atoms with Gasteiger partial charge in [0.25, 0.3) is 0 Å². The molecule has 1 heteroatoms.